The summed E-state index contributed by atoms with van der Waals surface area (Å²) >= 11 is 0. The van der Waals surface area contributed by atoms with Crippen molar-refractivity contribution in [1.29, 1.82) is 0 Å². The molecule has 0 aromatic heterocycles. The molecule has 1 aliphatic rings. The highest BCUT2D eigenvalue weighted by atomic mass is 28.4. The van der Waals surface area contributed by atoms with Gasteiger partial charge in [0.05, 0.1) is 0 Å². The van der Waals surface area contributed by atoms with Gasteiger partial charge in [0.25, 0.3) is 0 Å². The summed E-state index contributed by atoms with van der Waals surface area (Å²) in [6, 6.07) is 0. The molecule has 7 nitrogen and oxygen atoms in total. The highest BCUT2D eigenvalue weighted by Crippen LogP contribution is 2.42. The van der Waals surface area contributed by atoms with Crippen LogP contribution in [0.5, 0.6) is 0 Å². The van der Waals surface area contributed by atoms with Gasteiger partial charge in [-0.25, -0.2) is 0 Å². The summed E-state index contributed by atoms with van der Waals surface area (Å²) in [5.74, 6) is 0.113. The molecule has 19 heavy (non-hydrogen) atoms. The Morgan fingerprint density at radius 2 is 1.63 bits per heavy atom. The highest BCUT2D eigenvalue weighted by Gasteiger charge is 2.43. The van der Waals surface area contributed by atoms with Crippen LogP contribution in [-0.4, -0.2) is 20.6 Å². The average Bonchev–Trinajstić information content (AvgIpc) is 2.21. The second kappa shape index (κ2) is 5.84. The summed E-state index contributed by atoms with van der Waals surface area (Å²) in [6.07, 6.45) is 1.19. The van der Waals surface area contributed by atoms with Crippen molar-refractivity contribution >= 4 is 8.32 Å². The van der Waals surface area contributed by atoms with Gasteiger partial charge in [0.1, 0.15) is 6.17 Å². The monoisotopic (exact) mass is 282 g/mol. The van der Waals surface area contributed by atoms with Gasteiger partial charge in [0.15, 0.2) is 8.32 Å². The van der Waals surface area contributed by atoms with Crippen LogP contribution in [-0.2, 0) is 4.43 Å². The topological polar surface area (TPSA) is 107 Å². The molecule has 0 bridgehead atoms. The maximum atomic E-state index is 8.44. The Hall–Kier alpha value is -1.20. The summed E-state index contributed by atoms with van der Waals surface area (Å²) in [4.78, 5) is 5.45. The summed E-state index contributed by atoms with van der Waals surface area (Å²) in [6.45, 7) is 11.1. The van der Waals surface area contributed by atoms with E-state index in [1.807, 2.05) is 0 Å². The van der Waals surface area contributed by atoms with Crippen molar-refractivity contribution in [3.05, 3.63) is 20.9 Å². The zero-order valence-electron chi connectivity index (χ0n) is 12.2. The van der Waals surface area contributed by atoms with E-state index in [-0.39, 0.29) is 17.1 Å². The molecule has 0 spiro atoms. The maximum absolute atomic E-state index is 8.44. The third-order valence-corrected chi connectivity index (χ3v) is 8.70. The van der Waals surface area contributed by atoms with Crippen LogP contribution in [0.4, 0.5) is 0 Å². The van der Waals surface area contributed by atoms with E-state index in [0.29, 0.717) is 0 Å². The third kappa shape index (κ3) is 3.88. The average molecular weight is 282 g/mol. The molecule has 8 heteroatoms. The van der Waals surface area contributed by atoms with Gasteiger partial charge in [0.2, 0.25) is 0 Å². The van der Waals surface area contributed by atoms with Crippen LogP contribution in [0.15, 0.2) is 10.2 Å². The van der Waals surface area contributed by atoms with Crippen LogP contribution in [0.2, 0.25) is 18.1 Å². The highest BCUT2D eigenvalue weighted by molar-refractivity contribution is 6.74. The summed E-state index contributed by atoms with van der Waals surface area (Å²) in [5, 5.41) is 7.25. The summed E-state index contributed by atoms with van der Waals surface area (Å²) in [5.41, 5.74) is 16.9. The summed E-state index contributed by atoms with van der Waals surface area (Å²) < 4.78 is 6.24. The van der Waals surface area contributed by atoms with E-state index in [1.165, 1.54) is 0 Å². The van der Waals surface area contributed by atoms with E-state index in [1.54, 1.807) is 0 Å². The van der Waals surface area contributed by atoms with E-state index in [9.17, 15) is 0 Å². The molecule has 1 saturated carbocycles. The van der Waals surface area contributed by atoms with Gasteiger partial charge in [0, 0.05) is 15.9 Å². The van der Waals surface area contributed by atoms with Crippen molar-refractivity contribution in [3.8, 4) is 0 Å². The van der Waals surface area contributed by atoms with E-state index < -0.39 is 14.5 Å². The maximum Gasteiger partial charge on any atom is 0.192 e. The zero-order valence-corrected chi connectivity index (χ0v) is 13.2. The quantitative estimate of drug-likeness (QED) is 0.309. The van der Waals surface area contributed by atoms with Gasteiger partial charge in [-0.2, -0.15) is 0 Å². The van der Waals surface area contributed by atoms with Gasteiger partial charge in [-0.3, -0.25) is 0 Å². The van der Waals surface area contributed by atoms with Gasteiger partial charge in [-0.15, -0.1) is 0 Å². The molecule has 1 aliphatic carbocycles. The van der Waals surface area contributed by atoms with Crippen LogP contribution in [0.25, 0.3) is 20.9 Å². The fourth-order valence-electron chi connectivity index (χ4n) is 1.86. The first kappa shape index (κ1) is 15.9. The lowest BCUT2D eigenvalue weighted by Crippen LogP contribution is -2.48. The Morgan fingerprint density at radius 3 is 2.00 bits per heavy atom. The van der Waals surface area contributed by atoms with E-state index >= 15 is 0 Å². The Morgan fingerprint density at radius 1 is 1.16 bits per heavy atom. The van der Waals surface area contributed by atoms with Gasteiger partial charge in [-0.1, -0.05) is 31.0 Å². The molecular formula is C11H22N6OSi. The van der Waals surface area contributed by atoms with E-state index in [4.69, 9.17) is 15.5 Å². The van der Waals surface area contributed by atoms with Gasteiger partial charge in [-0.05, 0) is 48.0 Å². The van der Waals surface area contributed by atoms with E-state index in [0.717, 1.165) is 12.8 Å². The molecule has 0 heterocycles. The Labute approximate surface area is 114 Å². The molecule has 0 N–H and O–H groups in total. The Balaban J connectivity index is 2.54. The van der Waals surface area contributed by atoms with Crippen LogP contribution >= 0.6 is 0 Å². The predicted molar refractivity (Wildman–Crippen MR) is 76.9 cm³/mol. The SMILES string of the molecule is CC(C)(C)[Si](C)(C)OC1CC(C(N=[N+]=[N-])N=[N+]=[N-])C1. The minimum atomic E-state index is -1.75. The van der Waals surface area contributed by atoms with Crippen molar-refractivity contribution in [2.75, 3.05) is 0 Å². The largest absolute Gasteiger partial charge is 0.414 e. The second-order valence-electron chi connectivity index (χ2n) is 6.56. The first-order valence-corrected chi connectivity index (χ1v) is 9.38. The Bertz CT molecular complexity index is 395. The smallest absolute Gasteiger partial charge is 0.192 e. The van der Waals surface area contributed by atoms with Crippen molar-refractivity contribution in [2.45, 2.75) is 64.0 Å². The number of hydrogen-bond donors (Lipinski definition) is 0. The first-order valence-electron chi connectivity index (χ1n) is 6.47. The third-order valence-electron chi connectivity index (χ3n) is 4.16. The number of nitrogens with zero attached hydrogens (tertiary/aromatic N) is 6. The minimum Gasteiger partial charge on any atom is -0.414 e. The minimum absolute atomic E-state index is 0.113. The second-order valence-corrected chi connectivity index (χ2v) is 11.3. The fourth-order valence-corrected chi connectivity index (χ4v) is 3.24. The normalized spacial score (nSPS) is 24.7. The molecule has 0 unspecified atom stereocenters. The number of azide groups is 1. The molecular weight excluding hydrogens is 260 g/mol. The van der Waals surface area contributed by atoms with Crippen molar-refractivity contribution in [1.82, 2.24) is 0 Å². The standard InChI is InChI=1S/C11H22N6OSi/c1-11(2,3)19(4,5)18-9-6-8(7-9)10(14-16-12)15-17-13/h8-10H,6-7H2,1-5H3. The van der Waals surface area contributed by atoms with E-state index in [2.05, 4.69) is 53.9 Å². The number of hydrogen-bond acceptors (Lipinski definition) is 3. The lowest BCUT2D eigenvalue weighted by atomic mass is 9.80. The van der Waals surface area contributed by atoms with Crippen LogP contribution < -0.4 is 0 Å². The van der Waals surface area contributed by atoms with Crippen molar-refractivity contribution in [2.24, 2.45) is 16.1 Å². The lowest BCUT2D eigenvalue weighted by molar-refractivity contribution is 0.0415. The molecule has 1 rings (SSSR count). The number of rotatable bonds is 5. The molecule has 0 aromatic rings. The summed E-state index contributed by atoms with van der Waals surface area (Å²) in [7, 11) is -1.75. The molecule has 0 aliphatic heterocycles. The fraction of sp³-hybridized carbons (Fsp3) is 1.00. The van der Waals surface area contributed by atoms with Crippen molar-refractivity contribution in [3.63, 3.8) is 0 Å². The molecule has 0 atom stereocenters. The molecule has 0 radical (unpaired) electrons. The van der Waals surface area contributed by atoms with Crippen LogP contribution in [0, 0.1) is 5.92 Å². The lowest BCUT2D eigenvalue weighted by Gasteiger charge is -2.45. The van der Waals surface area contributed by atoms with Gasteiger partial charge < -0.3 is 4.43 Å². The molecule has 106 valence electrons. The molecule has 0 saturated heterocycles. The van der Waals surface area contributed by atoms with Crippen LogP contribution in [0.1, 0.15) is 33.6 Å². The predicted octanol–water partition coefficient (Wildman–Crippen LogP) is 4.73. The van der Waals surface area contributed by atoms with Gasteiger partial charge >= 0.3 is 0 Å². The molecule has 0 amide bonds. The molecule has 0 aromatic carbocycles. The first-order chi connectivity index (χ1) is 8.71. The Kier molecular flexibility index (Phi) is 4.87. The molecule has 1 fully saturated rings. The zero-order chi connectivity index (χ0) is 14.7. The van der Waals surface area contributed by atoms with Crippen LogP contribution in [0.3, 0.4) is 0 Å². The van der Waals surface area contributed by atoms with Crippen molar-refractivity contribution < 1.29 is 4.43 Å².